The number of carbonyl (C=O) groups excluding carboxylic acids is 2. The fraction of sp³-hybridized carbons (Fsp3) is 0.559. The zero-order valence-electron chi connectivity index (χ0n) is 29.1. The topological polar surface area (TPSA) is 147 Å². The summed E-state index contributed by atoms with van der Waals surface area (Å²) in [7, 11) is 0. The largest absolute Gasteiger partial charge is 0.444 e. The van der Waals surface area contributed by atoms with Gasteiger partial charge in [-0.1, -0.05) is 23.7 Å². The molecule has 2 aromatic heterocycles. The highest BCUT2D eigenvalue weighted by molar-refractivity contribution is 7.15. The number of ether oxygens (including phenoxy) is 5. The number of carbonyl (C=O) groups is 2. The lowest BCUT2D eigenvalue weighted by Gasteiger charge is -2.19. The normalized spacial score (nSPS) is 14.1. The molecule has 0 fully saturated rings. The SMILES string of the molecule is Cc1sc2c(c1C)C(c1ccc(Cl)cc1)=N[C@@H](CC(=O)NCCOCCOCCOCCOCCNC(=O)OC(C)(C)C)c1nnc(C)n1-2. The molecule has 49 heavy (non-hydrogen) atoms. The summed E-state index contributed by atoms with van der Waals surface area (Å²) in [6, 6.07) is 7.07. The third-order valence-electron chi connectivity index (χ3n) is 7.34. The molecule has 0 aliphatic carbocycles. The first kappa shape index (κ1) is 38.4. The van der Waals surface area contributed by atoms with Crippen LogP contribution in [-0.2, 0) is 28.5 Å². The summed E-state index contributed by atoms with van der Waals surface area (Å²) in [6.07, 6.45) is -0.354. The summed E-state index contributed by atoms with van der Waals surface area (Å²) in [5.74, 6) is 1.22. The van der Waals surface area contributed by atoms with Crippen molar-refractivity contribution in [3.63, 3.8) is 0 Å². The summed E-state index contributed by atoms with van der Waals surface area (Å²) in [5, 5.41) is 16.0. The summed E-state index contributed by atoms with van der Waals surface area (Å²) in [6.45, 7) is 15.5. The van der Waals surface area contributed by atoms with E-state index in [9.17, 15) is 9.59 Å². The van der Waals surface area contributed by atoms with Gasteiger partial charge in [-0.05, 0) is 59.2 Å². The third kappa shape index (κ3) is 11.6. The Morgan fingerprint density at radius 1 is 0.857 bits per heavy atom. The number of benzene rings is 1. The van der Waals surface area contributed by atoms with Crippen LogP contribution in [0.15, 0.2) is 29.3 Å². The van der Waals surface area contributed by atoms with E-state index in [1.807, 2.05) is 56.5 Å². The maximum Gasteiger partial charge on any atom is 0.407 e. The zero-order valence-corrected chi connectivity index (χ0v) is 30.7. The van der Waals surface area contributed by atoms with Crippen molar-refractivity contribution in [2.24, 2.45) is 4.99 Å². The number of halogens is 1. The lowest BCUT2D eigenvalue weighted by molar-refractivity contribution is -0.121. The summed E-state index contributed by atoms with van der Waals surface area (Å²) in [4.78, 5) is 31.0. The monoisotopic (exact) mass is 718 g/mol. The number of aliphatic imine (C=N–C) groups is 1. The van der Waals surface area contributed by atoms with Gasteiger partial charge in [-0.3, -0.25) is 14.4 Å². The van der Waals surface area contributed by atoms with E-state index >= 15 is 0 Å². The lowest BCUT2D eigenvalue weighted by atomic mass is 9.99. The van der Waals surface area contributed by atoms with Crippen LogP contribution in [0.4, 0.5) is 4.79 Å². The predicted molar refractivity (Wildman–Crippen MR) is 188 cm³/mol. The number of rotatable bonds is 18. The maximum atomic E-state index is 13.1. The molecule has 13 nitrogen and oxygen atoms in total. The van der Waals surface area contributed by atoms with Gasteiger partial charge in [0.05, 0.1) is 65.0 Å². The van der Waals surface area contributed by atoms with Crippen LogP contribution < -0.4 is 10.6 Å². The number of hydrogen-bond donors (Lipinski definition) is 2. The van der Waals surface area contributed by atoms with Crippen molar-refractivity contribution in [2.45, 2.75) is 59.6 Å². The van der Waals surface area contributed by atoms with Gasteiger partial charge in [0.2, 0.25) is 5.91 Å². The van der Waals surface area contributed by atoms with Crippen LogP contribution in [0.5, 0.6) is 0 Å². The Morgan fingerprint density at radius 3 is 2.02 bits per heavy atom. The fourth-order valence-electron chi connectivity index (χ4n) is 4.94. The van der Waals surface area contributed by atoms with Gasteiger partial charge < -0.3 is 34.3 Å². The minimum absolute atomic E-state index is 0.110. The van der Waals surface area contributed by atoms with Crippen molar-refractivity contribution in [3.8, 4) is 5.00 Å². The van der Waals surface area contributed by atoms with Crippen LogP contribution >= 0.6 is 22.9 Å². The molecular formula is C34H47ClN6O7S. The molecule has 15 heteroatoms. The standard InChI is InChI=1S/C34H47ClN6O7S/c1-22-23(2)49-32-29(22)30(25-7-9-26(35)10-8-25)38-27(31-40-39-24(3)41(31)32)21-28(42)36-11-13-44-15-17-46-19-20-47-18-16-45-14-12-37-33(43)48-34(4,5)6/h7-10,27H,11-21H2,1-6H3,(H,36,42)(H,37,43)/t27-/m0/s1. The van der Waals surface area contributed by atoms with Gasteiger partial charge in [0, 0.05) is 34.1 Å². The van der Waals surface area contributed by atoms with Gasteiger partial charge in [-0.25, -0.2) is 4.79 Å². The summed E-state index contributed by atoms with van der Waals surface area (Å²) < 4.78 is 29.2. The van der Waals surface area contributed by atoms with Crippen molar-refractivity contribution >= 4 is 40.6 Å². The number of amides is 2. The van der Waals surface area contributed by atoms with Gasteiger partial charge in [0.1, 0.15) is 22.5 Å². The number of hydrogen-bond acceptors (Lipinski definition) is 11. The first-order valence-electron chi connectivity index (χ1n) is 16.4. The van der Waals surface area contributed by atoms with E-state index in [-0.39, 0.29) is 12.3 Å². The molecule has 1 aromatic carbocycles. The van der Waals surface area contributed by atoms with Crippen molar-refractivity contribution in [1.29, 1.82) is 0 Å². The molecule has 4 rings (SSSR count). The Hall–Kier alpha value is -3.40. The van der Waals surface area contributed by atoms with E-state index < -0.39 is 17.7 Å². The van der Waals surface area contributed by atoms with Crippen LogP contribution in [0.2, 0.25) is 5.02 Å². The molecule has 0 bridgehead atoms. The van der Waals surface area contributed by atoms with Gasteiger partial charge in [-0.15, -0.1) is 21.5 Å². The zero-order chi connectivity index (χ0) is 35.4. The molecule has 2 amide bonds. The number of nitrogens with one attached hydrogen (secondary N) is 2. The van der Waals surface area contributed by atoms with Crippen molar-refractivity contribution in [2.75, 3.05) is 65.9 Å². The van der Waals surface area contributed by atoms with Gasteiger partial charge in [0.15, 0.2) is 5.82 Å². The maximum absolute atomic E-state index is 13.1. The van der Waals surface area contributed by atoms with E-state index in [0.29, 0.717) is 76.8 Å². The molecule has 1 aliphatic rings. The molecule has 0 saturated heterocycles. The molecule has 0 unspecified atom stereocenters. The minimum atomic E-state index is -0.532. The number of fused-ring (bicyclic) bond motifs is 3. The summed E-state index contributed by atoms with van der Waals surface area (Å²) >= 11 is 7.87. The second kappa shape index (κ2) is 18.6. The minimum Gasteiger partial charge on any atom is -0.444 e. The Kier molecular flexibility index (Phi) is 14.5. The Bertz CT molecular complexity index is 1570. The number of aryl methyl sites for hydroxylation is 2. The van der Waals surface area contributed by atoms with Crippen LogP contribution in [0, 0.1) is 20.8 Å². The average Bonchev–Trinajstić information content (AvgIpc) is 3.52. The van der Waals surface area contributed by atoms with Gasteiger partial charge in [0.25, 0.3) is 0 Å². The molecule has 0 saturated carbocycles. The van der Waals surface area contributed by atoms with E-state index in [4.69, 9.17) is 40.3 Å². The Balaban J connectivity index is 1.13. The molecule has 1 atom stereocenters. The van der Waals surface area contributed by atoms with Crippen molar-refractivity contribution in [1.82, 2.24) is 25.4 Å². The second-order valence-corrected chi connectivity index (χ2v) is 14.0. The predicted octanol–water partition coefficient (Wildman–Crippen LogP) is 4.90. The van der Waals surface area contributed by atoms with Crippen LogP contribution in [-0.4, -0.2) is 104 Å². The Labute approximate surface area is 296 Å². The smallest absolute Gasteiger partial charge is 0.407 e. The first-order valence-corrected chi connectivity index (χ1v) is 17.5. The van der Waals surface area contributed by atoms with E-state index in [0.717, 1.165) is 33.2 Å². The highest BCUT2D eigenvalue weighted by Gasteiger charge is 2.32. The fourth-order valence-corrected chi connectivity index (χ4v) is 6.28. The molecule has 1 aliphatic heterocycles. The van der Waals surface area contributed by atoms with Crippen molar-refractivity contribution < 1.29 is 33.3 Å². The summed E-state index contributed by atoms with van der Waals surface area (Å²) in [5.41, 5.74) is 3.36. The van der Waals surface area contributed by atoms with Crippen LogP contribution in [0.25, 0.3) is 5.00 Å². The first-order chi connectivity index (χ1) is 23.4. The van der Waals surface area contributed by atoms with Crippen LogP contribution in [0.3, 0.4) is 0 Å². The van der Waals surface area contributed by atoms with Gasteiger partial charge in [-0.2, -0.15) is 0 Å². The molecule has 0 spiro atoms. The Morgan fingerprint density at radius 2 is 1.43 bits per heavy atom. The molecule has 3 heterocycles. The van der Waals surface area contributed by atoms with Crippen molar-refractivity contribution in [3.05, 3.63) is 62.5 Å². The highest BCUT2D eigenvalue weighted by atomic mass is 35.5. The molecular weight excluding hydrogens is 672 g/mol. The number of aromatic nitrogens is 3. The number of thiophene rings is 1. The molecule has 3 aromatic rings. The molecule has 0 radical (unpaired) electrons. The third-order valence-corrected chi connectivity index (χ3v) is 8.78. The van der Waals surface area contributed by atoms with E-state index in [2.05, 4.69) is 34.7 Å². The number of nitrogens with zero attached hydrogens (tertiary/aromatic N) is 4. The quantitative estimate of drug-likeness (QED) is 0.175. The van der Waals surface area contributed by atoms with E-state index in [1.54, 1.807) is 11.3 Å². The van der Waals surface area contributed by atoms with Crippen LogP contribution in [0.1, 0.15) is 66.5 Å². The van der Waals surface area contributed by atoms with Gasteiger partial charge >= 0.3 is 6.09 Å². The molecule has 268 valence electrons. The highest BCUT2D eigenvalue weighted by Crippen LogP contribution is 2.39. The van der Waals surface area contributed by atoms with E-state index in [1.165, 1.54) is 4.88 Å². The lowest BCUT2D eigenvalue weighted by Crippen LogP contribution is -2.34. The molecule has 2 N–H and O–H groups in total. The average molecular weight is 719 g/mol. The second-order valence-electron chi connectivity index (χ2n) is 12.3. The number of alkyl carbamates (subject to hydrolysis) is 1.